The first-order chi connectivity index (χ1) is 23.1. The van der Waals surface area contributed by atoms with Gasteiger partial charge in [0.15, 0.2) is 0 Å². The second-order valence-electron chi connectivity index (χ2n) is 13.3. The van der Waals surface area contributed by atoms with Crippen molar-refractivity contribution in [2.75, 3.05) is 0 Å². The Bertz CT molecular complexity index is 2590. The average molecular weight is 618 g/mol. The SMILES string of the molecule is CC1(C)c2ccc(-n3c4ccc(-c5ccccc5)cc4c4cc(-c5ccccc5)ccc43)cc2-c2ccc3sc4ccccc4c3c21. The molecule has 0 aliphatic heterocycles. The third-order valence-corrected chi connectivity index (χ3v) is 11.5. The fourth-order valence-corrected chi connectivity index (χ4v) is 9.30. The lowest BCUT2D eigenvalue weighted by Gasteiger charge is -2.23. The molecule has 1 nitrogen and oxygen atoms in total. The molecule has 0 bridgehead atoms. The van der Waals surface area contributed by atoms with Crippen LogP contribution in [-0.2, 0) is 5.41 Å². The first-order valence-electron chi connectivity index (χ1n) is 16.4. The quantitative estimate of drug-likeness (QED) is 0.186. The van der Waals surface area contributed by atoms with Crippen LogP contribution in [0.5, 0.6) is 0 Å². The fraction of sp³-hybridized carbons (Fsp3) is 0.0667. The standard InChI is InChI=1S/C45H31NS/c1-45(2)38-21-19-32(27-35(38)33-20-24-42-43(44(33)45)34-15-9-10-16-41(34)47-42)46-39-22-17-30(28-11-5-3-6-12-28)25-36(39)37-26-31(18-23-40(37)46)29-13-7-4-8-14-29/h3-27H,1-2H3. The van der Waals surface area contributed by atoms with E-state index in [0.717, 1.165) is 0 Å². The van der Waals surface area contributed by atoms with Gasteiger partial charge in [0.25, 0.3) is 0 Å². The summed E-state index contributed by atoms with van der Waals surface area (Å²) < 4.78 is 5.20. The van der Waals surface area contributed by atoms with Gasteiger partial charge in [-0.2, -0.15) is 0 Å². The number of thiophene rings is 1. The Morgan fingerprint density at radius 2 is 1.09 bits per heavy atom. The first kappa shape index (κ1) is 26.7. The molecule has 1 aliphatic rings. The molecule has 0 spiro atoms. The summed E-state index contributed by atoms with van der Waals surface area (Å²) >= 11 is 1.91. The highest BCUT2D eigenvalue weighted by molar-refractivity contribution is 7.25. The van der Waals surface area contributed by atoms with Crippen LogP contribution in [-0.4, -0.2) is 4.57 Å². The van der Waals surface area contributed by atoms with Gasteiger partial charge in [-0.3, -0.25) is 0 Å². The number of hydrogen-bond acceptors (Lipinski definition) is 1. The number of hydrogen-bond donors (Lipinski definition) is 0. The van der Waals surface area contributed by atoms with Crippen LogP contribution in [0.3, 0.4) is 0 Å². The Balaban J connectivity index is 1.23. The summed E-state index contributed by atoms with van der Waals surface area (Å²) in [5.74, 6) is 0. The molecule has 2 aromatic heterocycles. The van der Waals surface area contributed by atoms with E-state index in [2.05, 4.69) is 170 Å². The largest absolute Gasteiger partial charge is 0.309 e. The molecule has 0 amide bonds. The number of fused-ring (bicyclic) bond motifs is 10. The Morgan fingerprint density at radius 1 is 0.468 bits per heavy atom. The summed E-state index contributed by atoms with van der Waals surface area (Å²) in [4.78, 5) is 0. The van der Waals surface area contributed by atoms with Gasteiger partial charge in [0.05, 0.1) is 11.0 Å². The summed E-state index contributed by atoms with van der Waals surface area (Å²) in [6, 6.07) is 56.1. The molecule has 7 aromatic carbocycles. The highest BCUT2D eigenvalue weighted by Gasteiger charge is 2.38. The van der Waals surface area contributed by atoms with Crippen molar-refractivity contribution in [1.29, 1.82) is 0 Å². The molecular weight excluding hydrogens is 587 g/mol. The monoisotopic (exact) mass is 617 g/mol. The topological polar surface area (TPSA) is 4.93 Å². The maximum atomic E-state index is 2.47. The molecule has 0 N–H and O–H groups in total. The Labute approximate surface area is 278 Å². The molecule has 2 heteroatoms. The molecule has 0 saturated heterocycles. The van der Waals surface area contributed by atoms with Gasteiger partial charge < -0.3 is 4.57 Å². The third-order valence-electron chi connectivity index (χ3n) is 10.4. The Kier molecular flexibility index (Phi) is 5.57. The first-order valence-corrected chi connectivity index (χ1v) is 17.2. The van der Waals surface area contributed by atoms with E-state index in [1.807, 2.05) is 11.3 Å². The normalized spacial score (nSPS) is 13.5. The molecule has 0 fully saturated rings. The smallest absolute Gasteiger partial charge is 0.0541 e. The van der Waals surface area contributed by atoms with Gasteiger partial charge in [0.2, 0.25) is 0 Å². The molecule has 47 heavy (non-hydrogen) atoms. The highest BCUT2D eigenvalue weighted by Crippen LogP contribution is 2.54. The van der Waals surface area contributed by atoms with E-state index in [1.165, 1.54) is 92.2 Å². The van der Waals surface area contributed by atoms with Crippen LogP contribution in [0.2, 0.25) is 0 Å². The minimum absolute atomic E-state index is 0.0947. The predicted octanol–water partition coefficient (Wildman–Crippen LogP) is 12.8. The van der Waals surface area contributed by atoms with Crippen molar-refractivity contribution in [2.24, 2.45) is 0 Å². The summed E-state index contributed by atoms with van der Waals surface area (Å²) in [7, 11) is 0. The second-order valence-corrected chi connectivity index (χ2v) is 14.4. The molecule has 1 aliphatic carbocycles. The van der Waals surface area contributed by atoms with Gasteiger partial charge in [-0.15, -0.1) is 11.3 Å². The van der Waals surface area contributed by atoms with Crippen molar-refractivity contribution in [3.05, 3.63) is 163 Å². The molecule has 2 heterocycles. The van der Waals surface area contributed by atoms with E-state index in [0.29, 0.717) is 0 Å². The maximum Gasteiger partial charge on any atom is 0.0541 e. The minimum atomic E-state index is -0.0947. The zero-order valence-corrected chi connectivity index (χ0v) is 27.1. The average Bonchev–Trinajstić information content (AvgIpc) is 3.73. The Hall–Kier alpha value is -5.44. The molecule has 0 radical (unpaired) electrons. The van der Waals surface area contributed by atoms with Gasteiger partial charge >= 0.3 is 0 Å². The molecule has 0 atom stereocenters. The zero-order chi connectivity index (χ0) is 31.3. The number of aromatic nitrogens is 1. The van der Waals surface area contributed by atoms with Crippen LogP contribution < -0.4 is 0 Å². The highest BCUT2D eigenvalue weighted by atomic mass is 32.1. The van der Waals surface area contributed by atoms with Crippen LogP contribution in [0.15, 0.2) is 152 Å². The van der Waals surface area contributed by atoms with Gasteiger partial charge in [-0.1, -0.05) is 117 Å². The van der Waals surface area contributed by atoms with Crippen LogP contribution in [0.25, 0.3) is 81.0 Å². The lowest BCUT2D eigenvalue weighted by molar-refractivity contribution is 0.666. The predicted molar refractivity (Wildman–Crippen MR) is 202 cm³/mol. The van der Waals surface area contributed by atoms with E-state index in [4.69, 9.17) is 0 Å². The Morgan fingerprint density at radius 3 is 1.74 bits per heavy atom. The van der Waals surface area contributed by atoms with Crippen LogP contribution in [0.1, 0.15) is 25.0 Å². The van der Waals surface area contributed by atoms with Crippen molar-refractivity contribution in [1.82, 2.24) is 4.57 Å². The van der Waals surface area contributed by atoms with Crippen molar-refractivity contribution in [2.45, 2.75) is 19.3 Å². The van der Waals surface area contributed by atoms with Crippen LogP contribution in [0, 0.1) is 0 Å². The van der Waals surface area contributed by atoms with E-state index in [-0.39, 0.29) is 5.41 Å². The van der Waals surface area contributed by atoms with Crippen molar-refractivity contribution < 1.29 is 0 Å². The molecule has 9 aromatic rings. The van der Waals surface area contributed by atoms with Gasteiger partial charge in [0, 0.05) is 42.0 Å². The molecule has 0 unspecified atom stereocenters. The van der Waals surface area contributed by atoms with Gasteiger partial charge in [-0.25, -0.2) is 0 Å². The van der Waals surface area contributed by atoms with Crippen LogP contribution >= 0.6 is 11.3 Å². The summed E-state index contributed by atoms with van der Waals surface area (Å²) in [6.07, 6.45) is 0. The lowest BCUT2D eigenvalue weighted by atomic mass is 9.80. The van der Waals surface area contributed by atoms with E-state index in [9.17, 15) is 0 Å². The molecule has 10 rings (SSSR count). The van der Waals surface area contributed by atoms with Gasteiger partial charge in [-0.05, 0) is 93.0 Å². The zero-order valence-electron chi connectivity index (χ0n) is 26.3. The summed E-state index contributed by atoms with van der Waals surface area (Å²) in [5, 5.41) is 5.33. The summed E-state index contributed by atoms with van der Waals surface area (Å²) in [5.41, 5.74) is 14.1. The van der Waals surface area contributed by atoms with Crippen molar-refractivity contribution in [3.8, 4) is 39.1 Å². The minimum Gasteiger partial charge on any atom is -0.309 e. The molecular formula is C45H31NS. The lowest BCUT2D eigenvalue weighted by Crippen LogP contribution is -2.15. The third kappa shape index (κ3) is 3.83. The van der Waals surface area contributed by atoms with E-state index in [1.54, 1.807) is 0 Å². The second kappa shape index (κ2) is 9.78. The summed E-state index contributed by atoms with van der Waals surface area (Å²) in [6.45, 7) is 4.81. The van der Waals surface area contributed by atoms with Crippen molar-refractivity contribution in [3.63, 3.8) is 0 Å². The fourth-order valence-electron chi connectivity index (χ4n) is 8.19. The number of benzene rings is 7. The van der Waals surface area contributed by atoms with E-state index >= 15 is 0 Å². The van der Waals surface area contributed by atoms with Crippen molar-refractivity contribution >= 4 is 53.3 Å². The number of rotatable bonds is 3. The number of nitrogens with zero attached hydrogens (tertiary/aromatic N) is 1. The van der Waals surface area contributed by atoms with E-state index < -0.39 is 0 Å². The van der Waals surface area contributed by atoms with Crippen LogP contribution in [0.4, 0.5) is 0 Å². The molecule has 0 saturated carbocycles. The maximum absolute atomic E-state index is 2.47. The molecule has 222 valence electrons. The van der Waals surface area contributed by atoms with Gasteiger partial charge in [0.1, 0.15) is 0 Å².